The Kier molecular flexibility index (Phi) is 6.07. The number of aromatic carboxylic acids is 1. The number of Topliss-reactive ketones (excluding diaryl/α,β-unsaturated/α-hetero) is 1. The third kappa shape index (κ3) is 4.14. The molecular weight excluding hydrogens is 500 g/mol. The molecule has 2 aromatic carbocycles. The Labute approximate surface area is 213 Å². The number of rotatable bonds is 6. The van der Waals surface area contributed by atoms with Gasteiger partial charge in [-0.1, -0.05) is 17.4 Å². The molecule has 1 amide bonds. The van der Waals surface area contributed by atoms with E-state index in [0.29, 0.717) is 26.4 Å². The first kappa shape index (κ1) is 23.7. The average molecular weight is 521 g/mol. The first-order valence-corrected chi connectivity index (χ1v) is 12.7. The van der Waals surface area contributed by atoms with Gasteiger partial charge in [0.05, 0.1) is 27.5 Å². The number of aliphatic hydroxyl groups excluding tert-OH is 1. The molecule has 0 saturated carbocycles. The van der Waals surface area contributed by atoms with E-state index in [1.807, 2.05) is 19.2 Å². The molecule has 0 bridgehead atoms. The Hall–Kier alpha value is -4.02. The number of hydrogen-bond acceptors (Lipinski definition) is 8. The van der Waals surface area contributed by atoms with E-state index in [1.54, 1.807) is 42.5 Å². The van der Waals surface area contributed by atoms with Crippen molar-refractivity contribution in [1.82, 2.24) is 4.98 Å². The number of thiazole rings is 1. The fourth-order valence-electron chi connectivity index (χ4n) is 4.01. The minimum absolute atomic E-state index is 0.0195. The molecule has 4 aromatic rings. The van der Waals surface area contributed by atoms with Crippen molar-refractivity contribution in [3.05, 3.63) is 81.6 Å². The Balaban J connectivity index is 1.62. The summed E-state index contributed by atoms with van der Waals surface area (Å²) in [4.78, 5) is 44.4. The number of carbonyl (C=O) groups is 3. The molecule has 1 fully saturated rings. The SMILES string of the molecule is CC(C)Oc1ccc(/C(O)=C2\C(=O)C(=O)N(c3nc4ccc(C(=O)O)cc4s3)C2c2cccs2)cc1. The zero-order valence-corrected chi connectivity index (χ0v) is 20.8. The van der Waals surface area contributed by atoms with Gasteiger partial charge in [-0.3, -0.25) is 14.5 Å². The smallest absolute Gasteiger partial charge is 0.335 e. The molecule has 1 aliphatic rings. The summed E-state index contributed by atoms with van der Waals surface area (Å²) in [7, 11) is 0. The average Bonchev–Trinajstić information content (AvgIpc) is 3.57. The molecule has 182 valence electrons. The standard InChI is InChI=1S/C26H20N2O6S2/c1-13(2)34-16-8-5-14(6-9-16)22(29)20-21(18-4-3-11-35-18)28(24(31)23(20)30)26-27-17-10-7-15(25(32)33)12-19(17)36-26/h3-13,21,29H,1-2H3,(H,32,33)/b22-20+. The molecule has 5 rings (SSSR count). The van der Waals surface area contributed by atoms with Crippen LogP contribution in [0.1, 0.15) is 40.7 Å². The van der Waals surface area contributed by atoms with E-state index >= 15 is 0 Å². The molecule has 1 aliphatic heterocycles. The summed E-state index contributed by atoms with van der Waals surface area (Å²) < 4.78 is 6.22. The van der Waals surface area contributed by atoms with Gasteiger partial charge in [-0.15, -0.1) is 11.3 Å². The molecule has 0 aliphatic carbocycles. The number of aliphatic hydroxyl groups is 1. The highest BCUT2D eigenvalue weighted by molar-refractivity contribution is 7.22. The van der Waals surface area contributed by atoms with Crippen LogP contribution in [-0.4, -0.2) is 39.0 Å². The Morgan fingerprint density at radius 1 is 1.06 bits per heavy atom. The van der Waals surface area contributed by atoms with Gasteiger partial charge in [0.1, 0.15) is 17.6 Å². The lowest BCUT2D eigenvalue weighted by Gasteiger charge is -2.21. The highest BCUT2D eigenvalue weighted by Gasteiger charge is 2.48. The van der Waals surface area contributed by atoms with Gasteiger partial charge in [-0.05, 0) is 67.8 Å². The number of ether oxygens (including phenoxy) is 1. The van der Waals surface area contributed by atoms with E-state index in [2.05, 4.69) is 4.98 Å². The van der Waals surface area contributed by atoms with Gasteiger partial charge in [-0.2, -0.15) is 0 Å². The summed E-state index contributed by atoms with van der Waals surface area (Å²) in [6, 6.07) is 13.9. The molecule has 2 aromatic heterocycles. The Morgan fingerprint density at radius 2 is 1.78 bits per heavy atom. The molecule has 8 nitrogen and oxygen atoms in total. The molecular formula is C26H20N2O6S2. The lowest BCUT2D eigenvalue weighted by atomic mass is 10.00. The summed E-state index contributed by atoms with van der Waals surface area (Å²) in [5.74, 6) is -2.38. The highest BCUT2D eigenvalue weighted by atomic mass is 32.1. The van der Waals surface area contributed by atoms with Crippen LogP contribution in [0.2, 0.25) is 0 Å². The Morgan fingerprint density at radius 3 is 2.42 bits per heavy atom. The second-order valence-electron chi connectivity index (χ2n) is 8.36. The van der Waals surface area contributed by atoms with E-state index < -0.39 is 23.7 Å². The van der Waals surface area contributed by atoms with Crippen LogP contribution in [0.3, 0.4) is 0 Å². The number of thiophene rings is 1. The van der Waals surface area contributed by atoms with Crippen LogP contribution in [0.4, 0.5) is 5.13 Å². The number of carboxylic acid groups (broad SMARTS) is 1. The van der Waals surface area contributed by atoms with Gasteiger partial charge in [0, 0.05) is 10.4 Å². The molecule has 0 radical (unpaired) electrons. The number of nitrogens with zero attached hydrogens (tertiary/aromatic N) is 2. The lowest BCUT2D eigenvalue weighted by Crippen LogP contribution is -2.28. The summed E-state index contributed by atoms with van der Waals surface area (Å²) >= 11 is 2.46. The van der Waals surface area contributed by atoms with Crippen LogP contribution in [0.25, 0.3) is 16.0 Å². The number of fused-ring (bicyclic) bond motifs is 1. The predicted octanol–water partition coefficient (Wildman–Crippen LogP) is 5.47. The summed E-state index contributed by atoms with van der Waals surface area (Å²) in [5, 5.41) is 22.6. The fraction of sp³-hybridized carbons (Fsp3) is 0.154. The normalized spacial score (nSPS) is 17.3. The number of aromatic nitrogens is 1. The van der Waals surface area contributed by atoms with Crippen molar-refractivity contribution in [3.8, 4) is 5.75 Å². The molecule has 1 atom stereocenters. The minimum atomic E-state index is -1.07. The van der Waals surface area contributed by atoms with Crippen LogP contribution in [0.5, 0.6) is 5.75 Å². The summed E-state index contributed by atoms with van der Waals surface area (Å²) in [6.07, 6.45) is -0.0195. The quantitative estimate of drug-likeness (QED) is 0.197. The van der Waals surface area contributed by atoms with Crippen molar-refractivity contribution in [2.75, 3.05) is 4.90 Å². The number of amides is 1. The topological polar surface area (TPSA) is 117 Å². The van der Waals surface area contributed by atoms with E-state index in [9.17, 15) is 24.6 Å². The second kappa shape index (κ2) is 9.21. The van der Waals surface area contributed by atoms with Crippen molar-refractivity contribution < 1.29 is 29.3 Å². The van der Waals surface area contributed by atoms with Gasteiger partial charge in [0.2, 0.25) is 0 Å². The summed E-state index contributed by atoms with van der Waals surface area (Å²) in [5.41, 5.74) is 0.943. The predicted molar refractivity (Wildman–Crippen MR) is 138 cm³/mol. The first-order valence-electron chi connectivity index (χ1n) is 11.0. The van der Waals surface area contributed by atoms with Crippen molar-refractivity contribution >= 4 is 61.4 Å². The van der Waals surface area contributed by atoms with Crippen LogP contribution >= 0.6 is 22.7 Å². The van der Waals surface area contributed by atoms with Crippen molar-refractivity contribution in [3.63, 3.8) is 0 Å². The van der Waals surface area contributed by atoms with Crippen molar-refractivity contribution in [1.29, 1.82) is 0 Å². The number of carboxylic acids is 1. The van der Waals surface area contributed by atoms with Crippen LogP contribution in [0.15, 0.2) is 65.6 Å². The highest BCUT2D eigenvalue weighted by Crippen LogP contribution is 2.45. The van der Waals surface area contributed by atoms with E-state index in [0.717, 1.165) is 11.3 Å². The van der Waals surface area contributed by atoms with Crippen LogP contribution < -0.4 is 9.64 Å². The largest absolute Gasteiger partial charge is 0.507 e. The number of anilines is 1. The van der Waals surface area contributed by atoms with Gasteiger partial charge in [-0.25, -0.2) is 9.78 Å². The number of ketones is 1. The second-order valence-corrected chi connectivity index (χ2v) is 10.3. The van der Waals surface area contributed by atoms with Gasteiger partial charge in [0.15, 0.2) is 5.13 Å². The van der Waals surface area contributed by atoms with Crippen LogP contribution in [-0.2, 0) is 9.59 Å². The fourth-order valence-corrected chi connectivity index (χ4v) is 5.87. The maximum Gasteiger partial charge on any atom is 0.335 e. The van der Waals surface area contributed by atoms with Crippen molar-refractivity contribution in [2.45, 2.75) is 26.0 Å². The molecule has 10 heteroatoms. The number of benzene rings is 2. The monoisotopic (exact) mass is 520 g/mol. The maximum atomic E-state index is 13.3. The lowest BCUT2D eigenvalue weighted by molar-refractivity contribution is -0.132. The maximum absolute atomic E-state index is 13.3. The molecule has 0 spiro atoms. The van der Waals surface area contributed by atoms with E-state index in [-0.39, 0.29) is 28.1 Å². The molecule has 36 heavy (non-hydrogen) atoms. The first-order chi connectivity index (χ1) is 17.2. The molecule has 2 N–H and O–H groups in total. The summed E-state index contributed by atoms with van der Waals surface area (Å²) in [6.45, 7) is 3.81. The van der Waals surface area contributed by atoms with Gasteiger partial charge in [0.25, 0.3) is 5.78 Å². The third-order valence-electron chi connectivity index (χ3n) is 5.59. The van der Waals surface area contributed by atoms with Gasteiger partial charge >= 0.3 is 11.9 Å². The molecule has 3 heterocycles. The number of hydrogen-bond donors (Lipinski definition) is 2. The van der Waals surface area contributed by atoms with E-state index in [1.165, 1.54) is 28.4 Å². The van der Waals surface area contributed by atoms with E-state index in [4.69, 9.17) is 4.74 Å². The van der Waals surface area contributed by atoms with Crippen molar-refractivity contribution in [2.24, 2.45) is 0 Å². The minimum Gasteiger partial charge on any atom is -0.507 e. The molecule has 1 saturated heterocycles. The third-order valence-corrected chi connectivity index (χ3v) is 7.53. The zero-order valence-electron chi connectivity index (χ0n) is 19.2. The number of carbonyl (C=O) groups excluding carboxylic acids is 2. The Bertz CT molecular complexity index is 1520. The van der Waals surface area contributed by atoms with Crippen LogP contribution in [0, 0.1) is 0 Å². The molecule has 1 unspecified atom stereocenters. The van der Waals surface area contributed by atoms with Gasteiger partial charge < -0.3 is 14.9 Å². The zero-order chi connectivity index (χ0) is 25.6.